The van der Waals surface area contributed by atoms with Crippen LogP contribution in [0.15, 0.2) is 71.8 Å². The zero-order chi connectivity index (χ0) is 22.7. The summed E-state index contributed by atoms with van der Waals surface area (Å²) in [6, 6.07) is 20.9. The molecule has 0 bridgehead atoms. The Morgan fingerprint density at radius 1 is 0.969 bits per heavy atom. The Morgan fingerprint density at radius 3 is 2.47 bits per heavy atom. The van der Waals surface area contributed by atoms with Gasteiger partial charge < -0.3 is 9.88 Å². The van der Waals surface area contributed by atoms with Crippen LogP contribution in [0, 0.1) is 0 Å². The Hall–Kier alpha value is -3.64. The topological polar surface area (TPSA) is 75.5 Å². The first-order valence-corrected chi connectivity index (χ1v) is 10.7. The molecule has 162 valence electrons. The molecule has 2 N–H and O–H groups in total. The van der Waals surface area contributed by atoms with Crippen LogP contribution in [-0.4, -0.2) is 22.1 Å². The van der Waals surface area contributed by atoms with Crippen LogP contribution in [0.2, 0.25) is 5.02 Å². The van der Waals surface area contributed by atoms with E-state index in [2.05, 4.69) is 39.5 Å². The number of nitrogens with zero attached hydrogens (tertiary/aromatic N) is 2. The van der Waals surface area contributed by atoms with Crippen LogP contribution in [0.5, 0.6) is 0 Å². The Bertz CT molecular complexity index is 1360. The molecule has 1 aromatic heterocycles. The molecule has 4 rings (SSSR count). The third-order valence-corrected chi connectivity index (χ3v) is 5.59. The van der Waals surface area contributed by atoms with Gasteiger partial charge in [-0.3, -0.25) is 9.59 Å². The zero-order valence-corrected chi connectivity index (χ0v) is 18.6. The number of aryl methyl sites for hydroxylation is 1. The number of halogens is 1. The van der Waals surface area contributed by atoms with E-state index in [0.29, 0.717) is 16.3 Å². The van der Waals surface area contributed by atoms with Crippen molar-refractivity contribution in [3.63, 3.8) is 0 Å². The van der Waals surface area contributed by atoms with Gasteiger partial charge in [0.25, 0.3) is 5.91 Å². The summed E-state index contributed by atoms with van der Waals surface area (Å²) < 4.78 is 2.26. The number of carbonyl (C=O) groups excluding carboxylic acids is 2. The molecule has 0 saturated carbocycles. The summed E-state index contributed by atoms with van der Waals surface area (Å²) in [5, 5.41) is 9.54. The molecule has 0 aliphatic carbocycles. The van der Waals surface area contributed by atoms with Crippen LogP contribution in [-0.2, 0) is 11.3 Å². The number of fused-ring (bicyclic) bond motifs is 3. The van der Waals surface area contributed by atoms with E-state index in [1.807, 2.05) is 30.3 Å². The quantitative estimate of drug-likeness (QED) is 0.298. The van der Waals surface area contributed by atoms with Gasteiger partial charge in [-0.1, -0.05) is 41.9 Å². The average Bonchev–Trinajstić information content (AvgIpc) is 3.10. The standard InChI is InChI=1S/C25H23ClN4O2/c1-3-30-22-11-7-5-8-18(22)20-15-17(12-13-23(20)30)27-24(31)14-16(2)28-29-25(32)19-9-4-6-10-21(19)26/h4-13,15H,3,14H2,1-2H3,(H,27,31)(H,29,32)/b28-16-. The highest BCUT2D eigenvalue weighted by atomic mass is 35.5. The lowest BCUT2D eigenvalue weighted by atomic mass is 10.1. The fraction of sp³-hybridized carbons (Fsp3) is 0.160. The van der Waals surface area contributed by atoms with Crippen LogP contribution < -0.4 is 10.7 Å². The Labute approximate surface area is 190 Å². The Morgan fingerprint density at radius 2 is 1.69 bits per heavy atom. The number of benzene rings is 3. The molecule has 4 aromatic rings. The third kappa shape index (κ3) is 4.36. The number of rotatable bonds is 6. The number of carbonyl (C=O) groups is 2. The van der Waals surface area contributed by atoms with E-state index in [-0.39, 0.29) is 12.3 Å². The SMILES string of the molecule is CCn1c2ccccc2c2cc(NC(=O)C/C(C)=N\NC(=O)c3ccccc3Cl)ccc21. The van der Waals surface area contributed by atoms with Gasteiger partial charge in [0.05, 0.1) is 17.0 Å². The normalized spacial score (nSPS) is 11.7. The smallest absolute Gasteiger partial charge is 0.272 e. The lowest BCUT2D eigenvalue weighted by Gasteiger charge is -2.07. The summed E-state index contributed by atoms with van der Waals surface area (Å²) in [6.45, 7) is 4.67. The van der Waals surface area contributed by atoms with Crippen molar-refractivity contribution in [2.75, 3.05) is 5.32 Å². The first-order valence-electron chi connectivity index (χ1n) is 10.4. The number of anilines is 1. The molecule has 7 heteroatoms. The van der Waals surface area contributed by atoms with Crippen molar-refractivity contribution in [1.82, 2.24) is 9.99 Å². The summed E-state index contributed by atoms with van der Waals surface area (Å²) in [5.74, 6) is -0.634. The molecule has 0 atom stereocenters. The maximum atomic E-state index is 12.5. The van der Waals surface area contributed by atoms with E-state index in [9.17, 15) is 9.59 Å². The molecule has 32 heavy (non-hydrogen) atoms. The third-order valence-electron chi connectivity index (χ3n) is 5.26. The number of para-hydroxylation sites is 1. The van der Waals surface area contributed by atoms with E-state index in [0.717, 1.165) is 28.5 Å². The monoisotopic (exact) mass is 446 g/mol. The van der Waals surface area contributed by atoms with Crippen molar-refractivity contribution in [2.24, 2.45) is 5.10 Å². The van der Waals surface area contributed by atoms with Crippen LogP contribution >= 0.6 is 11.6 Å². The highest BCUT2D eigenvalue weighted by Gasteiger charge is 2.12. The first kappa shape index (κ1) is 21.6. The molecule has 0 saturated heterocycles. The van der Waals surface area contributed by atoms with Gasteiger partial charge in [0.2, 0.25) is 5.91 Å². The van der Waals surface area contributed by atoms with Gasteiger partial charge in [-0.2, -0.15) is 5.10 Å². The van der Waals surface area contributed by atoms with E-state index in [1.54, 1.807) is 31.2 Å². The fourth-order valence-electron chi connectivity index (χ4n) is 3.80. The van der Waals surface area contributed by atoms with Gasteiger partial charge in [-0.15, -0.1) is 0 Å². The van der Waals surface area contributed by atoms with Crippen LogP contribution in [0.3, 0.4) is 0 Å². The summed E-state index contributed by atoms with van der Waals surface area (Å²) >= 11 is 6.02. The van der Waals surface area contributed by atoms with Crippen LogP contribution in [0.4, 0.5) is 5.69 Å². The van der Waals surface area contributed by atoms with Gasteiger partial charge in [0.15, 0.2) is 0 Å². The number of hydrogen-bond acceptors (Lipinski definition) is 3. The molecule has 0 aliphatic rings. The van der Waals surface area contributed by atoms with Crippen molar-refractivity contribution >= 4 is 56.6 Å². The van der Waals surface area contributed by atoms with Crippen molar-refractivity contribution in [3.8, 4) is 0 Å². The average molecular weight is 447 g/mol. The maximum absolute atomic E-state index is 12.5. The second kappa shape index (κ2) is 9.24. The summed E-state index contributed by atoms with van der Waals surface area (Å²) in [4.78, 5) is 24.7. The maximum Gasteiger partial charge on any atom is 0.272 e. The van der Waals surface area contributed by atoms with Crippen LogP contribution in [0.1, 0.15) is 30.6 Å². The molecule has 0 aliphatic heterocycles. The molecule has 0 spiro atoms. The van der Waals surface area contributed by atoms with Gasteiger partial charge in [-0.05, 0) is 50.2 Å². The number of amides is 2. The first-order chi connectivity index (χ1) is 15.5. The van der Waals surface area contributed by atoms with Crippen molar-refractivity contribution in [1.29, 1.82) is 0 Å². The molecular formula is C25H23ClN4O2. The highest BCUT2D eigenvalue weighted by molar-refractivity contribution is 6.33. The molecule has 1 heterocycles. The predicted molar refractivity (Wildman–Crippen MR) is 130 cm³/mol. The van der Waals surface area contributed by atoms with Crippen molar-refractivity contribution in [3.05, 3.63) is 77.3 Å². The van der Waals surface area contributed by atoms with Gasteiger partial charge >= 0.3 is 0 Å². The lowest BCUT2D eigenvalue weighted by Crippen LogP contribution is -2.21. The summed E-state index contributed by atoms with van der Waals surface area (Å²) in [7, 11) is 0. The minimum atomic E-state index is -0.423. The number of hydrazone groups is 1. The van der Waals surface area contributed by atoms with E-state index in [4.69, 9.17) is 11.6 Å². The number of aromatic nitrogens is 1. The van der Waals surface area contributed by atoms with E-state index >= 15 is 0 Å². The van der Waals surface area contributed by atoms with Gasteiger partial charge in [-0.25, -0.2) is 5.43 Å². The van der Waals surface area contributed by atoms with Crippen LogP contribution in [0.25, 0.3) is 21.8 Å². The Balaban J connectivity index is 1.45. The molecule has 3 aromatic carbocycles. The summed E-state index contributed by atoms with van der Waals surface area (Å²) in [6.07, 6.45) is 0.0531. The number of hydrogen-bond donors (Lipinski definition) is 2. The highest BCUT2D eigenvalue weighted by Crippen LogP contribution is 2.31. The molecule has 0 fully saturated rings. The second-order valence-electron chi connectivity index (χ2n) is 7.49. The summed E-state index contributed by atoms with van der Waals surface area (Å²) in [5.41, 5.74) is 6.27. The fourth-order valence-corrected chi connectivity index (χ4v) is 4.02. The largest absolute Gasteiger partial charge is 0.341 e. The molecule has 0 radical (unpaired) electrons. The molecule has 0 unspecified atom stereocenters. The van der Waals surface area contributed by atoms with Gasteiger partial charge in [0, 0.05) is 39.7 Å². The zero-order valence-electron chi connectivity index (χ0n) is 17.9. The van der Waals surface area contributed by atoms with Crippen molar-refractivity contribution in [2.45, 2.75) is 26.8 Å². The second-order valence-corrected chi connectivity index (χ2v) is 7.89. The minimum absolute atomic E-state index is 0.0531. The molecular weight excluding hydrogens is 424 g/mol. The van der Waals surface area contributed by atoms with Crippen molar-refractivity contribution < 1.29 is 9.59 Å². The molecule has 2 amide bonds. The molecule has 6 nitrogen and oxygen atoms in total. The predicted octanol–water partition coefficient (Wildman–Crippen LogP) is 5.60. The lowest BCUT2D eigenvalue weighted by molar-refractivity contribution is -0.115. The van der Waals surface area contributed by atoms with E-state index < -0.39 is 5.91 Å². The van der Waals surface area contributed by atoms with E-state index in [1.165, 1.54) is 5.52 Å². The number of nitrogens with one attached hydrogen (secondary N) is 2. The Kier molecular flexibility index (Phi) is 6.23. The van der Waals surface area contributed by atoms with Gasteiger partial charge in [0.1, 0.15) is 0 Å². The minimum Gasteiger partial charge on any atom is -0.341 e.